The molecule has 0 bridgehead atoms. The fourth-order valence-electron chi connectivity index (χ4n) is 2.33. The lowest BCUT2D eigenvalue weighted by atomic mass is 10.0. The number of hydrogen-bond acceptors (Lipinski definition) is 3. The van der Waals surface area contributed by atoms with Crippen LogP contribution in [0.2, 0.25) is 0 Å². The van der Waals surface area contributed by atoms with Crippen molar-refractivity contribution in [1.82, 2.24) is 14.9 Å². The van der Waals surface area contributed by atoms with Crippen molar-refractivity contribution in [2.45, 2.75) is 45.6 Å². The fraction of sp³-hybridized carbons (Fsp3) is 0.615. The first-order valence-corrected chi connectivity index (χ1v) is 6.31. The second kappa shape index (κ2) is 5.25. The van der Waals surface area contributed by atoms with Gasteiger partial charge in [0.15, 0.2) is 5.82 Å². The monoisotopic (exact) mass is 233 g/mol. The zero-order valence-corrected chi connectivity index (χ0v) is 10.5. The number of piperidine rings is 1. The van der Waals surface area contributed by atoms with E-state index in [4.69, 9.17) is 0 Å². The molecule has 1 aromatic rings. The van der Waals surface area contributed by atoms with Gasteiger partial charge in [-0.3, -0.25) is 4.79 Å². The Labute approximate surface area is 102 Å². The van der Waals surface area contributed by atoms with Crippen LogP contribution in [-0.4, -0.2) is 27.3 Å². The van der Waals surface area contributed by atoms with Crippen LogP contribution >= 0.6 is 0 Å². The minimum absolute atomic E-state index is 0.0797. The molecule has 4 nitrogen and oxygen atoms in total. The Kier molecular flexibility index (Phi) is 3.71. The van der Waals surface area contributed by atoms with Crippen LogP contribution in [0.5, 0.6) is 0 Å². The van der Waals surface area contributed by atoms with Gasteiger partial charge in [-0.2, -0.15) is 0 Å². The summed E-state index contributed by atoms with van der Waals surface area (Å²) in [5, 5.41) is 0. The number of rotatable bonds is 2. The summed E-state index contributed by atoms with van der Waals surface area (Å²) >= 11 is 0. The van der Waals surface area contributed by atoms with E-state index in [9.17, 15) is 4.79 Å². The van der Waals surface area contributed by atoms with Crippen LogP contribution in [0, 0.1) is 6.92 Å². The van der Waals surface area contributed by atoms with Crippen LogP contribution in [0.4, 0.5) is 0 Å². The van der Waals surface area contributed by atoms with Gasteiger partial charge in [0.05, 0.1) is 6.04 Å². The largest absolute Gasteiger partial charge is 0.332 e. The van der Waals surface area contributed by atoms with Crippen molar-refractivity contribution in [3.8, 4) is 0 Å². The van der Waals surface area contributed by atoms with Gasteiger partial charge in [-0.15, -0.1) is 0 Å². The van der Waals surface area contributed by atoms with E-state index < -0.39 is 0 Å². The molecule has 0 spiro atoms. The van der Waals surface area contributed by atoms with Crippen molar-refractivity contribution in [2.75, 3.05) is 6.54 Å². The van der Waals surface area contributed by atoms with E-state index in [0.29, 0.717) is 6.42 Å². The highest BCUT2D eigenvalue weighted by atomic mass is 16.2. The Morgan fingerprint density at radius 2 is 2.35 bits per heavy atom. The van der Waals surface area contributed by atoms with Gasteiger partial charge < -0.3 is 4.90 Å². The normalized spacial score (nSPS) is 20.4. The Hall–Kier alpha value is -1.45. The lowest BCUT2D eigenvalue weighted by molar-refractivity contribution is -0.134. The summed E-state index contributed by atoms with van der Waals surface area (Å²) in [4.78, 5) is 22.6. The molecule has 1 aromatic heterocycles. The van der Waals surface area contributed by atoms with Gasteiger partial charge in [0.1, 0.15) is 0 Å². The zero-order valence-electron chi connectivity index (χ0n) is 10.5. The molecular formula is C13H19N3O. The van der Waals surface area contributed by atoms with Gasteiger partial charge in [0, 0.05) is 24.9 Å². The van der Waals surface area contributed by atoms with Crippen LogP contribution in [0.1, 0.15) is 50.2 Å². The summed E-state index contributed by atoms with van der Waals surface area (Å²) in [6.45, 7) is 4.71. The van der Waals surface area contributed by atoms with E-state index in [1.165, 1.54) is 0 Å². The smallest absolute Gasteiger partial charge is 0.222 e. The molecule has 2 rings (SSSR count). The molecular weight excluding hydrogens is 214 g/mol. The average Bonchev–Trinajstić information content (AvgIpc) is 2.38. The molecule has 1 amide bonds. The molecule has 0 aromatic carbocycles. The third-order valence-electron chi connectivity index (χ3n) is 3.24. The number of aryl methyl sites for hydroxylation is 1. The number of nitrogens with zero attached hydrogens (tertiary/aromatic N) is 3. The van der Waals surface area contributed by atoms with Gasteiger partial charge >= 0.3 is 0 Å². The van der Waals surface area contributed by atoms with Crippen molar-refractivity contribution in [3.63, 3.8) is 0 Å². The van der Waals surface area contributed by atoms with Crippen LogP contribution in [-0.2, 0) is 4.79 Å². The molecule has 1 aliphatic rings. The lowest BCUT2D eigenvalue weighted by Crippen LogP contribution is -2.38. The van der Waals surface area contributed by atoms with Crippen molar-refractivity contribution in [3.05, 3.63) is 23.8 Å². The van der Waals surface area contributed by atoms with Crippen molar-refractivity contribution in [1.29, 1.82) is 0 Å². The molecule has 17 heavy (non-hydrogen) atoms. The number of likely N-dealkylation sites (tertiary alicyclic amines) is 1. The maximum absolute atomic E-state index is 11.9. The lowest BCUT2D eigenvalue weighted by Gasteiger charge is -2.34. The summed E-state index contributed by atoms with van der Waals surface area (Å²) in [6.07, 6.45) is 5.56. The quantitative estimate of drug-likeness (QED) is 0.787. The van der Waals surface area contributed by atoms with Crippen LogP contribution in [0.3, 0.4) is 0 Å². The van der Waals surface area contributed by atoms with Gasteiger partial charge in [0.2, 0.25) is 5.91 Å². The Morgan fingerprint density at radius 1 is 1.53 bits per heavy atom. The minimum Gasteiger partial charge on any atom is -0.332 e. The first-order chi connectivity index (χ1) is 8.22. The Balaban J connectivity index is 2.24. The summed E-state index contributed by atoms with van der Waals surface area (Å²) in [6, 6.07) is 1.97. The zero-order chi connectivity index (χ0) is 12.3. The predicted octanol–water partition coefficient (Wildman–Crippen LogP) is 2.25. The molecule has 92 valence electrons. The van der Waals surface area contributed by atoms with Crippen molar-refractivity contribution < 1.29 is 4.79 Å². The van der Waals surface area contributed by atoms with Gasteiger partial charge in [-0.1, -0.05) is 6.92 Å². The highest BCUT2D eigenvalue weighted by Gasteiger charge is 2.28. The van der Waals surface area contributed by atoms with Crippen LogP contribution < -0.4 is 0 Å². The molecule has 1 fully saturated rings. The summed E-state index contributed by atoms with van der Waals surface area (Å²) < 4.78 is 0. The molecule has 1 atom stereocenters. The van der Waals surface area contributed by atoms with Crippen LogP contribution in [0.15, 0.2) is 12.3 Å². The first kappa shape index (κ1) is 12.0. The Morgan fingerprint density at radius 3 is 3.06 bits per heavy atom. The molecule has 0 N–H and O–H groups in total. The predicted molar refractivity (Wildman–Crippen MR) is 65.4 cm³/mol. The van der Waals surface area contributed by atoms with E-state index in [0.717, 1.165) is 37.3 Å². The third kappa shape index (κ3) is 2.62. The highest BCUT2D eigenvalue weighted by molar-refractivity contribution is 5.76. The maximum Gasteiger partial charge on any atom is 0.222 e. The topological polar surface area (TPSA) is 46.1 Å². The Bertz CT molecular complexity index is 405. The van der Waals surface area contributed by atoms with E-state index in [1.807, 2.05) is 24.8 Å². The number of carbonyl (C=O) groups is 1. The van der Waals surface area contributed by atoms with Crippen molar-refractivity contribution in [2.24, 2.45) is 0 Å². The van der Waals surface area contributed by atoms with Crippen molar-refractivity contribution >= 4 is 5.91 Å². The fourth-order valence-corrected chi connectivity index (χ4v) is 2.33. The second-order valence-corrected chi connectivity index (χ2v) is 4.51. The molecule has 0 radical (unpaired) electrons. The van der Waals surface area contributed by atoms with E-state index in [2.05, 4.69) is 9.97 Å². The maximum atomic E-state index is 11.9. The SMILES string of the molecule is CCC(=O)N1CCCC[C@H]1c1nccc(C)n1. The number of aromatic nitrogens is 2. The standard InChI is InChI=1S/C13H19N3O/c1-3-12(17)16-9-5-4-6-11(16)13-14-8-7-10(2)15-13/h7-8,11H,3-6,9H2,1-2H3/t11-/m0/s1. The molecule has 4 heteroatoms. The first-order valence-electron chi connectivity index (χ1n) is 6.31. The second-order valence-electron chi connectivity index (χ2n) is 4.51. The number of carbonyl (C=O) groups excluding carboxylic acids is 1. The molecule has 2 heterocycles. The van der Waals surface area contributed by atoms with E-state index in [-0.39, 0.29) is 11.9 Å². The molecule has 0 saturated carbocycles. The highest BCUT2D eigenvalue weighted by Crippen LogP contribution is 2.29. The van der Waals surface area contributed by atoms with Gasteiger partial charge in [0.25, 0.3) is 0 Å². The van der Waals surface area contributed by atoms with Gasteiger partial charge in [-0.25, -0.2) is 9.97 Å². The van der Waals surface area contributed by atoms with E-state index in [1.54, 1.807) is 6.20 Å². The average molecular weight is 233 g/mol. The molecule has 0 aliphatic carbocycles. The number of hydrogen-bond donors (Lipinski definition) is 0. The molecule has 1 aliphatic heterocycles. The van der Waals surface area contributed by atoms with Crippen LogP contribution in [0.25, 0.3) is 0 Å². The number of amides is 1. The van der Waals surface area contributed by atoms with Gasteiger partial charge in [-0.05, 0) is 32.3 Å². The van der Waals surface area contributed by atoms with E-state index >= 15 is 0 Å². The summed E-state index contributed by atoms with van der Waals surface area (Å²) in [5.41, 5.74) is 0.962. The third-order valence-corrected chi connectivity index (χ3v) is 3.24. The summed E-state index contributed by atoms with van der Waals surface area (Å²) in [7, 11) is 0. The molecule has 0 unspecified atom stereocenters. The molecule has 1 saturated heterocycles. The summed E-state index contributed by atoms with van der Waals surface area (Å²) in [5.74, 6) is 1.01. The minimum atomic E-state index is 0.0797.